The van der Waals surface area contributed by atoms with Crippen LogP contribution in [0.15, 0.2) is 63.8 Å². The average molecular weight is 418 g/mol. The van der Waals surface area contributed by atoms with Crippen molar-refractivity contribution in [2.45, 2.75) is 13.8 Å². The first-order valence-corrected chi connectivity index (χ1v) is 10.1. The van der Waals surface area contributed by atoms with Gasteiger partial charge in [0.15, 0.2) is 11.3 Å². The maximum atomic E-state index is 12.9. The summed E-state index contributed by atoms with van der Waals surface area (Å²) in [5.41, 5.74) is 1.60. The first kappa shape index (κ1) is 20.4. The van der Waals surface area contributed by atoms with Gasteiger partial charge < -0.3 is 14.1 Å². The molecule has 4 aromatic rings. The standard InChI is InChI=1S/C24H22N2O5/c1-4-25(5-2)21-18-9-7-6-8-17(18)20-14-19(24(27)31-22(20)23(21)30-3)15-10-12-16(13-11-15)26(28)29/h6-14H,4-5H2,1-3H3. The lowest BCUT2D eigenvalue weighted by atomic mass is 9.99. The van der Waals surface area contributed by atoms with Crippen molar-refractivity contribution >= 4 is 33.1 Å². The molecule has 0 radical (unpaired) electrons. The van der Waals surface area contributed by atoms with Gasteiger partial charge >= 0.3 is 5.63 Å². The normalized spacial score (nSPS) is 11.1. The molecule has 0 amide bonds. The first-order valence-electron chi connectivity index (χ1n) is 10.1. The summed E-state index contributed by atoms with van der Waals surface area (Å²) in [7, 11) is 1.57. The van der Waals surface area contributed by atoms with Crippen LogP contribution in [0.1, 0.15) is 13.8 Å². The van der Waals surface area contributed by atoms with E-state index in [-0.39, 0.29) is 5.69 Å². The summed E-state index contributed by atoms with van der Waals surface area (Å²) in [6.07, 6.45) is 0. The van der Waals surface area contributed by atoms with Gasteiger partial charge in [0.2, 0.25) is 0 Å². The number of hydrogen-bond donors (Lipinski definition) is 0. The number of ether oxygens (including phenoxy) is 1. The van der Waals surface area contributed by atoms with Crippen LogP contribution in [0.3, 0.4) is 0 Å². The second-order valence-electron chi connectivity index (χ2n) is 7.09. The number of hydrogen-bond acceptors (Lipinski definition) is 6. The van der Waals surface area contributed by atoms with E-state index in [2.05, 4.69) is 18.7 Å². The highest BCUT2D eigenvalue weighted by molar-refractivity contribution is 6.15. The Morgan fingerprint density at radius 1 is 1.00 bits per heavy atom. The van der Waals surface area contributed by atoms with E-state index in [1.807, 2.05) is 24.3 Å². The third-order valence-electron chi connectivity index (χ3n) is 5.51. The minimum atomic E-state index is -0.527. The summed E-state index contributed by atoms with van der Waals surface area (Å²) in [4.78, 5) is 25.6. The lowest BCUT2D eigenvalue weighted by Crippen LogP contribution is -2.23. The van der Waals surface area contributed by atoms with Gasteiger partial charge in [-0.2, -0.15) is 0 Å². The van der Waals surface area contributed by atoms with Crippen LogP contribution in [-0.4, -0.2) is 25.1 Å². The Bertz CT molecular complexity index is 1340. The highest BCUT2D eigenvalue weighted by Crippen LogP contribution is 2.44. The van der Waals surface area contributed by atoms with Gasteiger partial charge in [0, 0.05) is 36.0 Å². The minimum absolute atomic E-state index is 0.0371. The van der Waals surface area contributed by atoms with Crippen molar-refractivity contribution in [2.24, 2.45) is 0 Å². The molecule has 0 atom stereocenters. The van der Waals surface area contributed by atoms with E-state index in [1.54, 1.807) is 25.3 Å². The third kappa shape index (κ3) is 3.38. The van der Waals surface area contributed by atoms with E-state index in [9.17, 15) is 14.9 Å². The van der Waals surface area contributed by atoms with Gasteiger partial charge in [0.1, 0.15) is 0 Å². The SMILES string of the molecule is CCN(CC)c1c(OC)c2oc(=O)c(-c3ccc([N+](=O)[O-])cc3)cc2c2ccccc12. The second-order valence-corrected chi connectivity index (χ2v) is 7.09. The predicted molar refractivity (Wildman–Crippen MR) is 122 cm³/mol. The third-order valence-corrected chi connectivity index (χ3v) is 5.51. The Morgan fingerprint density at radius 3 is 2.23 bits per heavy atom. The molecule has 0 saturated carbocycles. The van der Waals surface area contributed by atoms with Crippen LogP contribution in [-0.2, 0) is 0 Å². The van der Waals surface area contributed by atoms with Gasteiger partial charge in [-0.1, -0.05) is 24.3 Å². The summed E-state index contributed by atoms with van der Waals surface area (Å²) >= 11 is 0. The van der Waals surface area contributed by atoms with Gasteiger partial charge in [0.05, 0.1) is 23.3 Å². The van der Waals surface area contributed by atoms with Crippen LogP contribution in [0, 0.1) is 10.1 Å². The number of non-ortho nitro benzene ring substituents is 1. The molecule has 0 fully saturated rings. The highest BCUT2D eigenvalue weighted by atomic mass is 16.6. The number of nitro benzene ring substituents is 1. The topological polar surface area (TPSA) is 85.8 Å². The summed E-state index contributed by atoms with van der Waals surface area (Å²) in [5.74, 6) is 0.518. The molecule has 4 rings (SSSR count). The highest BCUT2D eigenvalue weighted by Gasteiger charge is 2.22. The molecule has 0 aliphatic heterocycles. The molecule has 3 aromatic carbocycles. The average Bonchev–Trinajstić information content (AvgIpc) is 2.79. The molecule has 1 aromatic heterocycles. The second kappa shape index (κ2) is 8.10. The van der Waals surface area contributed by atoms with Crippen molar-refractivity contribution in [3.8, 4) is 16.9 Å². The van der Waals surface area contributed by atoms with E-state index in [4.69, 9.17) is 9.15 Å². The quantitative estimate of drug-likeness (QED) is 0.181. The Morgan fingerprint density at radius 2 is 1.65 bits per heavy atom. The number of nitrogens with zero attached hydrogens (tertiary/aromatic N) is 2. The monoisotopic (exact) mass is 418 g/mol. The van der Waals surface area contributed by atoms with Crippen molar-refractivity contribution < 1.29 is 14.1 Å². The van der Waals surface area contributed by atoms with E-state index < -0.39 is 10.5 Å². The van der Waals surface area contributed by atoms with Crippen molar-refractivity contribution in [3.05, 3.63) is 75.1 Å². The van der Waals surface area contributed by atoms with Gasteiger partial charge in [-0.05, 0) is 43.0 Å². The zero-order chi connectivity index (χ0) is 22.1. The number of fused-ring (bicyclic) bond motifs is 3. The number of benzene rings is 3. The lowest BCUT2D eigenvalue weighted by Gasteiger charge is -2.26. The van der Waals surface area contributed by atoms with Crippen molar-refractivity contribution in [1.82, 2.24) is 0 Å². The summed E-state index contributed by atoms with van der Waals surface area (Å²) in [6.45, 7) is 5.67. The van der Waals surface area contributed by atoms with Crippen LogP contribution >= 0.6 is 0 Å². The molecule has 0 N–H and O–H groups in total. The molecule has 7 nitrogen and oxygen atoms in total. The van der Waals surface area contributed by atoms with Crippen LogP contribution in [0.4, 0.5) is 11.4 Å². The van der Waals surface area contributed by atoms with Crippen molar-refractivity contribution in [3.63, 3.8) is 0 Å². The van der Waals surface area contributed by atoms with E-state index in [0.717, 1.165) is 34.9 Å². The fraction of sp³-hybridized carbons (Fsp3) is 0.208. The maximum Gasteiger partial charge on any atom is 0.344 e. The predicted octanol–water partition coefficient (Wildman–Crippen LogP) is 5.38. The van der Waals surface area contributed by atoms with Gasteiger partial charge in [-0.25, -0.2) is 4.79 Å². The zero-order valence-corrected chi connectivity index (χ0v) is 17.5. The summed E-state index contributed by atoms with van der Waals surface area (Å²) in [6, 6.07) is 15.6. The molecular formula is C24H22N2O5. The van der Waals surface area contributed by atoms with Gasteiger partial charge in [0.25, 0.3) is 5.69 Å². The Labute approximate surface area is 178 Å². The number of anilines is 1. The molecule has 31 heavy (non-hydrogen) atoms. The van der Waals surface area contributed by atoms with Crippen molar-refractivity contribution in [1.29, 1.82) is 0 Å². The molecular weight excluding hydrogens is 396 g/mol. The number of nitro groups is 1. The van der Waals surface area contributed by atoms with Gasteiger partial charge in [-0.3, -0.25) is 10.1 Å². The van der Waals surface area contributed by atoms with Crippen molar-refractivity contribution in [2.75, 3.05) is 25.1 Å². The fourth-order valence-electron chi connectivity index (χ4n) is 4.00. The minimum Gasteiger partial charge on any atom is -0.491 e. The Hall–Kier alpha value is -3.87. The molecule has 0 bridgehead atoms. The molecule has 0 aliphatic rings. The molecule has 0 saturated heterocycles. The smallest absolute Gasteiger partial charge is 0.344 e. The van der Waals surface area contributed by atoms with E-state index in [0.29, 0.717) is 22.5 Å². The van der Waals surface area contributed by atoms with E-state index in [1.165, 1.54) is 12.1 Å². The zero-order valence-electron chi connectivity index (χ0n) is 17.5. The van der Waals surface area contributed by atoms with E-state index >= 15 is 0 Å². The maximum absolute atomic E-state index is 12.9. The van der Waals surface area contributed by atoms with Crippen LogP contribution in [0.5, 0.6) is 5.75 Å². The molecule has 0 unspecified atom stereocenters. The Balaban J connectivity index is 2.07. The number of rotatable bonds is 6. The first-order chi connectivity index (χ1) is 15.0. The molecule has 7 heteroatoms. The Kier molecular flexibility index (Phi) is 5.33. The molecule has 1 heterocycles. The number of methoxy groups -OCH3 is 1. The fourth-order valence-corrected chi connectivity index (χ4v) is 4.00. The molecule has 158 valence electrons. The van der Waals surface area contributed by atoms with Crippen LogP contribution in [0.25, 0.3) is 32.9 Å². The van der Waals surface area contributed by atoms with Gasteiger partial charge in [-0.15, -0.1) is 0 Å². The van der Waals surface area contributed by atoms with Crippen LogP contribution < -0.4 is 15.3 Å². The molecule has 0 aliphatic carbocycles. The van der Waals surface area contributed by atoms with Crippen LogP contribution in [0.2, 0.25) is 0 Å². The lowest BCUT2D eigenvalue weighted by molar-refractivity contribution is -0.384. The largest absolute Gasteiger partial charge is 0.491 e. The summed E-state index contributed by atoms with van der Waals surface area (Å²) in [5, 5.41) is 13.6. The molecule has 0 spiro atoms. The summed E-state index contributed by atoms with van der Waals surface area (Å²) < 4.78 is 11.5.